The minimum atomic E-state index is -0.590. The van der Waals surface area contributed by atoms with Crippen LogP contribution >= 0.6 is 0 Å². The third-order valence-electron chi connectivity index (χ3n) is 5.88. The van der Waals surface area contributed by atoms with E-state index in [1.165, 1.54) is 11.9 Å². The Morgan fingerprint density at radius 2 is 1.85 bits per heavy atom. The summed E-state index contributed by atoms with van der Waals surface area (Å²) in [6, 6.07) is 15.5. The Balaban J connectivity index is 1.66. The summed E-state index contributed by atoms with van der Waals surface area (Å²) < 4.78 is 0. The summed E-state index contributed by atoms with van der Waals surface area (Å²) in [6.07, 6.45) is 2.23. The van der Waals surface area contributed by atoms with E-state index in [-0.39, 0.29) is 17.9 Å². The molecule has 0 bridgehead atoms. The Morgan fingerprint density at radius 3 is 2.55 bits per heavy atom. The number of piperidine rings is 1. The smallest absolute Gasteiger partial charge is 0.330 e. The van der Waals surface area contributed by atoms with Crippen LogP contribution in [0.3, 0.4) is 0 Å². The molecule has 2 atom stereocenters. The van der Waals surface area contributed by atoms with Gasteiger partial charge < -0.3 is 15.9 Å². The average Bonchev–Trinajstić information content (AvgIpc) is 2.79. The molecular weight excluding hydrogens is 418 g/mol. The largest absolute Gasteiger partial charge is 0.367 e. The molecule has 0 saturated carbocycles. The maximum atomic E-state index is 12.5. The second kappa shape index (κ2) is 9.15. The number of amides is 1. The second-order valence-electron chi connectivity index (χ2n) is 9.36. The van der Waals surface area contributed by atoms with E-state index in [9.17, 15) is 9.59 Å². The molecular formula is C25H29N5O3. The molecule has 1 saturated heterocycles. The lowest BCUT2D eigenvalue weighted by Gasteiger charge is -2.39. The van der Waals surface area contributed by atoms with E-state index in [4.69, 9.17) is 10.6 Å². The number of fused-ring (bicyclic) bond motifs is 1. The standard InChI is InChI=1S/C25H29N5O3/c1-25(2,3)24(32)33-30-13-12-17(16-8-5-4-6-9-16)20(14-30)29-23-19-11-7-10-18(22(26)31)21(19)27-15-28-23/h4-11,15,17,20H,12-14H2,1-3H3,(H2,26,31)(H,27,28,29). The van der Waals surface area contributed by atoms with Crippen LogP contribution in [-0.4, -0.2) is 46.0 Å². The van der Waals surface area contributed by atoms with Gasteiger partial charge in [-0.1, -0.05) is 36.4 Å². The van der Waals surface area contributed by atoms with Crippen LogP contribution in [0.2, 0.25) is 0 Å². The summed E-state index contributed by atoms with van der Waals surface area (Å²) in [5.41, 5.74) is 7.00. The number of rotatable bonds is 5. The normalized spacial score (nSPS) is 19.2. The van der Waals surface area contributed by atoms with Crippen LogP contribution in [0.4, 0.5) is 5.82 Å². The number of nitrogens with two attached hydrogens (primary N) is 1. The number of carbonyl (C=O) groups is 2. The molecule has 1 aromatic heterocycles. The van der Waals surface area contributed by atoms with Crippen molar-refractivity contribution >= 4 is 28.6 Å². The monoisotopic (exact) mass is 447 g/mol. The number of aromatic nitrogens is 2. The van der Waals surface area contributed by atoms with Gasteiger partial charge in [0.15, 0.2) is 0 Å². The van der Waals surface area contributed by atoms with Gasteiger partial charge in [-0.25, -0.2) is 14.8 Å². The molecule has 33 heavy (non-hydrogen) atoms. The fourth-order valence-electron chi connectivity index (χ4n) is 4.08. The lowest BCUT2D eigenvalue weighted by Crippen LogP contribution is -2.48. The van der Waals surface area contributed by atoms with E-state index < -0.39 is 11.3 Å². The van der Waals surface area contributed by atoms with Gasteiger partial charge in [-0.2, -0.15) is 0 Å². The van der Waals surface area contributed by atoms with Crippen LogP contribution in [0, 0.1) is 5.41 Å². The van der Waals surface area contributed by atoms with Crippen LogP contribution < -0.4 is 11.1 Å². The molecule has 172 valence electrons. The number of para-hydroxylation sites is 1. The lowest BCUT2D eigenvalue weighted by atomic mass is 9.85. The molecule has 2 heterocycles. The number of hydrogen-bond acceptors (Lipinski definition) is 7. The Morgan fingerprint density at radius 1 is 1.09 bits per heavy atom. The van der Waals surface area contributed by atoms with Crippen molar-refractivity contribution in [3.05, 3.63) is 66.0 Å². The maximum absolute atomic E-state index is 12.5. The second-order valence-corrected chi connectivity index (χ2v) is 9.36. The first-order chi connectivity index (χ1) is 15.7. The molecule has 2 aromatic carbocycles. The van der Waals surface area contributed by atoms with E-state index in [0.717, 1.165) is 6.42 Å². The highest BCUT2D eigenvalue weighted by Crippen LogP contribution is 2.32. The quantitative estimate of drug-likeness (QED) is 0.616. The van der Waals surface area contributed by atoms with Gasteiger partial charge >= 0.3 is 5.97 Å². The zero-order valence-electron chi connectivity index (χ0n) is 19.1. The molecule has 8 nitrogen and oxygen atoms in total. The van der Waals surface area contributed by atoms with Crippen molar-refractivity contribution in [3.8, 4) is 0 Å². The van der Waals surface area contributed by atoms with Crippen molar-refractivity contribution in [3.63, 3.8) is 0 Å². The summed E-state index contributed by atoms with van der Waals surface area (Å²) in [7, 11) is 0. The van der Waals surface area contributed by atoms with Gasteiger partial charge in [0.25, 0.3) is 5.91 Å². The number of nitrogens with one attached hydrogen (secondary N) is 1. The van der Waals surface area contributed by atoms with Gasteiger partial charge in [0.1, 0.15) is 12.1 Å². The third kappa shape index (κ3) is 4.96. The van der Waals surface area contributed by atoms with E-state index in [1.807, 2.05) is 45.0 Å². The molecule has 3 aromatic rings. The molecule has 3 N–H and O–H groups in total. The molecule has 1 amide bonds. The summed E-state index contributed by atoms with van der Waals surface area (Å²) in [4.78, 5) is 38.8. The SMILES string of the molecule is CC(C)(C)C(=O)ON1CCC(c2ccccc2)C(Nc2ncnc3c(C(N)=O)cccc23)C1. The summed E-state index contributed by atoms with van der Waals surface area (Å²) >= 11 is 0. The summed E-state index contributed by atoms with van der Waals surface area (Å²) in [5, 5.41) is 5.98. The van der Waals surface area contributed by atoms with Crippen molar-refractivity contribution in [2.24, 2.45) is 11.1 Å². The van der Waals surface area contributed by atoms with Crippen molar-refractivity contribution < 1.29 is 14.4 Å². The number of carbonyl (C=O) groups excluding carboxylic acids is 2. The third-order valence-corrected chi connectivity index (χ3v) is 5.88. The molecule has 1 aliphatic rings. The van der Waals surface area contributed by atoms with Gasteiger partial charge in [0.2, 0.25) is 0 Å². The number of hydrogen-bond donors (Lipinski definition) is 2. The first-order valence-corrected chi connectivity index (χ1v) is 11.1. The average molecular weight is 448 g/mol. The number of benzene rings is 2. The van der Waals surface area contributed by atoms with Crippen molar-refractivity contribution in [2.75, 3.05) is 18.4 Å². The minimum Gasteiger partial charge on any atom is -0.367 e. The van der Waals surface area contributed by atoms with Gasteiger partial charge in [-0.05, 0) is 44.9 Å². The number of primary amides is 1. The molecule has 0 aliphatic carbocycles. The molecule has 2 unspecified atom stereocenters. The van der Waals surface area contributed by atoms with Crippen LogP contribution in [0.15, 0.2) is 54.9 Å². The number of hydroxylamine groups is 2. The van der Waals surface area contributed by atoms with E-state index >= 15 is 0 Å². The Hall–Kier alpha value is -3.52. The van der Waals surface area contributed by atoms with Crippen molar-refractivity contribution in [1.82, 2.24) is 15.0 Å². The highest BCUT2D eigenvalue weighted by molar-refractivity contribution is 6.06. The van der Waals surface area contributed by atoms with Gasteiger partial charge in [-0.15, -0.1) is 5.06 Å². The van der Waals surface area contributed by atoms with Gasteiger partial charge in [0.05, 0.1) is 29.1 Å². The van der Waals surface area contributed by atoms with E-state index in [0.29, 0.717) is 35.4 Å². The molecule has 1 aliphatic heterocycles. The molecule has 0 spiro atoms. The van der Waals surface area contributed by atoms with E-state index in [2.05, 4.69) is 27.4 Å². The van der Waals surface area contributed by atoms with Crippen LogP contribution in [0.5, 0.6) is 0 Å². The van der Waals surface area contributed by atoms with Gasteiger partial charge in [-0.3, -0.25) is 4.79 Å². The summed E-state index contributed by atoms with van der Waals surface area (Å²) in [5.74, 6) is -0.0125. The Kier molecular flexibility index (Phi) is 6.29. The highest BCUT2D eigenvalue weighted by atomic mass is 16.7. The molecule has 1 fully saturated rings. The zero-order valence-corrected chi connectivity index (χ0v) is 19.1. The zero-order chi connectivity index (χ0) is 23.6. The van der Waals surface area contributed by atoms with Crippen molar-refractivity contribution in [2.45, 2.75) is 39.2 Å². The van der Waals surface area contributed by atoms with Crippen molar-refractivity contribution in [1.29, 1.82) is 0 Å². The number of nitrogens with zero attached hydrogens (tertiary/aromatic N) is 3. The van der Waals surface area contributed by atoms with E-state index in [1.54, 1.807) is 17.2 Å². The van der Waals surface area contributed by atoms with Gasteiger partial charge in [0, 0.05) is 17.8 Å². The maximum Gasteiger partial charge on any atom is 0.330 e. The molecule has 0 radical (unpaired) electrons. The fourth-order valence-corrected chi connectivity index (χ4v) is 4.08. The highest BCUT2D eigenvalue weighted by Gasteiger charge is 2.34. The predicted molar refractivity (Wildman–Crippen MR) is 126 cm³/mol. The minimum absolute atomic E-state index is 0.0933. The lowest BCUT2D eigenvalue weighted by molar-refractivity contribution is -0.205. The topological polar surface area (TPSA) is 110 Å². The Labute approximate surface area is 193 Å². The molecule has 4 rings (SSSR count). The van der Waals surface area contributed by atoms with Crippen LogP contribution in [-0.2, 0) is 9.63 Å². The molecule has 8 heteroatoms. The first-order valence-electron chi connectivity index (χ1n) is 11.1. The van der Waals surface area contributed by atoms with Crippen LogP contribution in [0.1, 0.15) is 49.0 Å². The summed E-state index contributed by atoms with van der Waals surface area (Å²) in [6.45, 7) is 6.64. The number of anilines is 1. The first kappa shape index (κ1) is 22.7. The predicted octanol–water partition coefficient (Wildman–Crippen LogP) is 3.50. The Bertz CT molecular complexity index is 1160. The fraction of sp³-hybridized carbons (Fsp3) is 0.360. The van der Waals surface area contributed by atoms with Crippen LogP contribution in [0.25, 0.3) is 10.9 Å².